The number of ether oxygens (including phenoxy) is 2. The molecule has 194 valence electrons. The van der Waals surface area contributed by atoms with Gasteiger partial charge in [0.1, 0.15) is 47.6 Å². The lowest BCUT2D eigenvalue weighted by Gasteiger charge is -2.15. The summed E-state index contributed by atoms with van der Waals surface area (Å²) in [7, 11) is 3.33. The second kappa shape index (κ2) is 11.3. The van der Waals surface area contributed by atoms with Crippen LogP contribution in [0.25, 0.3) is 10.9 Å². The maximum atomic E-state index is 13.4. The Kier molecular flexibility index (Phi) is 7.50. The Labute approximate surface area is 223 Å². The molecule has 1 aliphatic rings. The third kappa shape index (κ3) is 5.45. The highest BCUT2D eigenvalue weighted by Crippen LogP contribution is 2.33. The Hall–Kier alpha value is -4.44. The number of nitrogens with one attached hydrogen (secondary N) is 3. The second-order valence-electron chi connectivity index (χ2n) is 8.32. The van der Waals surface area contributed by atoms with Crippen LogP contribution in [0.1, 0.15) is 11.1 Å². The van der Waals surface area contributed by atoms with Crippen molar-refractivity contribution in [1.29, 1.82) is 0 Å². The molecule has 2 heterocycles. The minimum absolute atomic E-state index is 0.196. The van der Waals surface area contributed by atoms with Gasteiger partial charge in [-0.15, -0.1) is 0 Å². The van der Waals surface area contributed by atoms with Gasteiger partial charge in [-0.2, -0.15) is 5.10 Å². The van der Waals surface area contributed by atoms with Gasteiger partial charge in [-0.05, 0) is 42.0 Å². The lowest BCUT2D eigenvalue weighted by molar-refractivity contribution is 0.306. The van der Waals surface area contributed by atoms with Crippen molar-refractivity contribution in [2.75, 3.05) is 32.6 Å². The molecule has 0 spiro atoms. The third-order valence-electron chi connectivity index (χ3n) is 5.81. The van der Waals surface area contributed by atoms with Gasteiger partial charge >= 0.3 is 0 Å². The molecule has 0 bridgehead atoms. The quantitative estimate of drug-likeness (QED) is 0.212. The molecule has 0 aliphatic carbocycles. The molecule has 0 radical (unpaired) electrons. The van der Waals surface area contributed by atoms with Crippen LogP contribution in [0.15, 0.2) is 71.0 Å². The Bertz CT molecular complexity index is 1540. The molecule has 5 rings (SSSR count). The Balaban J connectivity index is 1.44. The number of benzene rings is 3. The van der Waals surface area contributed by atoms with Crippen LogP contribution in [-0.4, -0.2) is 48.8 Å². The zero-order valence-electron chi connectivity index (χ0n) is 20.8. The maximum absolute atomic E-state index is 13.4. The summed E-state index contributed by atoms with van der Waals surface area (Å²) < 4.78 is 24.9. The van der Waals surface area contributed by atoms with E-state index in [-0.39, 0.29) is 12.4 Å². The van der Waals surface area contributed by atoms with Gasteiger partial charge in [0.05, 0.1) is 24.2 Å². The van der Waals surface area contributed by atoms with Crippen LogP contribution in [0.4, 0.5) is 15.9 Å². The summed E-state index contributed by atoms with van der Waals surface area (Å²) in [4.78, 5) is 13.4. The van der Waals surface area contributed by atoms with Crippen LogP contribution in [0, 0.1) is 5.82 Å². The van der Waals surface area contributed by atoms with E-state index in [4.69, 9.17) is 21.1 Å². The summed E-state index contributed by atoms with van der Waals surface area (Å²) in [5.41, 5.74) is 6.32. The van der Waals surface area contributed by atoms with Gasteiger partial charge in [0.15, 0.2) is 0 Å². The number of rotatable bonds is 9. The number of hydrogen-bond acceptors (Lipinski definition) is 9. The number of hydrazone groups is 1. The average Bonchev–Trinajstić information content (AvgIpc) is 3.46. The molecular formula is C27H25ClFN7O2. The highest BCUT2D eigenvalue weighted by molar-refractivity contribution is 6.48. The molecule has 0 saturated carbocycles. The molecule has 0 fully saturated rings. The molecule has 0 amide bonds. The van der Waals surface area contributed by atoms with E-state index >= 15 is 0 Å². The van der Waals surface area contributed by atoms with Crippen LogP contribution in [-0.2, 0) is 6.61 Å². The van der Waals surface area contributed by atoms with Crippen molar-refractivity contribution in [3.63, 3.8) is 0 Å². The van der Waals surface area contributed by atoms with Gasteiger partial charge in [-0.25, -0.2) is 14.4 Å². The van der Waals surface area contributed by atoms with Crippen LogP contribution in [0.5, 0.6) is 11.5 Å². The van der Waals surface area contributed by atoms with Crippen molar-refractivity contribution in [2.24, 2.45) is 10.1 Å². The molecule has 38 heavy (non-hydrogen) atoms. The standard InChI is InChI=1S/C27H25ClFN7O2/c1-30-36-25(27-31-8-9-32-27)20-12-19-22(13-24(20)37-2)33-15-34-26(19)35-18-6-7-23(21(28)11-18)38-14-16-4-3-5-17(29)10-16/h3-7,10-13,15,30H,8-9,14H2,1-2H3,(H,31,32)(H,33,34,35)/b36-25+. The Morgan fingerprint density at radius 3 is 2.76 bits per heavy atom. The number of amidine groups is 1. The van der Waals surface area contributed by atoms with Crippen molar-refractivity contribution >= 4 is 45.6 Å². The lowest BCUT2D eigenvalue weighted by Crippen LogP contribution is -2.29. The van der Waals surface area contributed by atoms with Gasteiger partial charge < -0.3 is 25.5 Å². The van der Waals surface area contributed by atoms with Gasteiger partial charge in [-0.3, -0.25) is 4.99 Å². The van der Waals surface area contributed by atoms with Crippen molar-refractivity contribution in [1.82, 2.24) is 20.7 Å². The first-order valence-corrected chi connectivity index (χ1v) is 12.2. The number of aliphatic imine (C=N–C) groups is 1. The minimum Gasteiger partial charge on any atom is -0.496 e. The summed E-state index contributed by atoms with van der Waals surface area (Å²) in [6, 6.07) is 15.3. The van der Waals surface area contributed by atoms with E-state index in [1.807, 2.05) is 18.2 Å². The van der Waals surface area contributed by atoms with Gasteiger partial charge in [0, 0.05) is 36.3 Å². The third-order valence-corrected chi connectivity index (χ3v) is 6.11. The molecule has 1 aromatic heterocycles. The highest BCUT2D eigenvalue weighted by Gasteiger charge is 2.21. The zero-order valence-corrected chi connectivity index (χ0v) is 21.5. The number of nitrogens with zero attached hydrogens (tertiary/aromatic N) is 4. The van der Waals surface area contributed by atoms with E-state index in [1.165, 1.54) is 18.5 Å². The zero-order chi connectivity index (χ0) is 26.5. The smallest absolute Gasteiger partial charge is 0.150 e. The number of methoxy groups -OCH3 is 1. The fourth-order valence-corrected chi connectivity index (χ4v) is 4.30. The van der Waals surface area contributed by atoms with E-state index in [1.54, 1.807) is 38.4 Å². The SMILES string of the molecule is CN/N=C(/C1=NCCN1)c1cc2c(Nc3ccc(OCc4cccc(F)c4)c(Cl)c3)ncnc2cc1OC. The minimum atomic E-state index is -0.313. The predicted molar refractivity (Wildman–Crippen MR) is 147 cm³/mol. The van der Waals surface area contributed by atoms with Crippen molar-refractivity contribution in [3.05, 3.63) is 82.9 Å². The second-order valence-corrected chi connectivity index (χ2v) is 8.73. The van der Waals surface area contributed by atoms with Gasteiger partial charge in [-0.1, -0.05) is 23.7 Å². The Morgan fingerprint density at radius 2 is 2.03 bits per heavy atom. The van der Waals surface area contributed by atoms with Crippen LogP contribution in [0.3, 0.4) is 0 Å². The highest BCUT2D eigenvalue weighted by atomic mass is 35.5. The molecule has 0 unspecified atom stereocenters. The van der Waals surface area contributed by atoms with Crippen LogP contribution < -0.4 is 25.5 Å². The first-order valence-electron chi connectivity index (χ1n) is 11.9. The molecule has 11 heteroatoms. The summed E-state index contributed by atoms with van der Waals surface area (Å²) in [5, 5.41) is 12.2. The number of anilines is 2. The molecule has 9 nitrogen and oxygen atoms in total. The van der Waals surface area contributed by atoms with E-state index in [0.29, 0.717) is 57.2 Å². The predicted octanol–water partition coefficient (Wildman–Crippen LogP) is 4.68. The molecule has 0 saturated heterocycles. The van der Waals surface area contributed by atoms with Crippen molar-refractivity contribution < 1.29 is 13.9 Å². The number of aromatic nitrogens is 2. The van der Waals surface area contributed by atoms with E-state index in [0.717, 1.165) is 17.5 Å². The average molecular weight is 534 g/mol. The van der Waals surface area contributed by atoms with Crippen molar-refractivity contribution in [3.8, 4) is 11.5 Å². The first-order chi connectivity index (χ1) is 18.6. The van der Waals surface area contributed by atoms with E-state index in [2.05, 4.69) is 36.1 Å². The number of halogens is 2. The van der Waals surface area contributed by atoms with Gasteiger partial charge in [0.2, 0.25) is 0 Å². The lowest BCUT2D eigenvalue weighted by atomic mass is 10.0. The Morgan fingerprint density at radius 1 is 1.13 bits per heavy atom. The summed E-state index contributed by atoms with van der Waals surface area (Å²) in [6.45, 7) is 1.61. The fourth-order valence-electron chi connectivity index (χ4n) is 4.07. The molecule has 3 aromatic carbocycles. The number of fused-ring (bicyclic) bond motifs is 1. The van der Waals surface area contributed by atoms with Crippen LogP contribution in [0.2, 0.25) is 5.02 Å². The molecular weight excluding hydrogens is 509 g/mol. The summed E-state index contributed by atoms with van der Waals surface area (Å²) in [5.74, 6) is 2.04. The van der Waals surface area contributed by atoms with E-state index < -0.39 is 0 Å². The first kappa shape index (κ1) is 25.2. The van der Waals surface area contributed by atoms with Crippen molar-refractivity contribution in [2.45, 2.75) is 6.61 Å². The fraction of sp³-hybridized carbons (Fsp3) is 0.185. The molecule has 1 aliphatic heterocycles. The monoisotopic (exact) mass is 533 g/mol. The summed E-state index contributed by atoms with van der Waals surface area (Å²) in [6.07, 6.45) is 1.48. The largest absolute Gasteiger partial charge is 0.496 e. The summed E-state index contributed by atoms with van der Waals surface area (Å²) >= 11 is 6.49. The van der Waals surface area contributed by atoms with Gasteiger partial charge in [0.25, 0.3) is 0 Å². The molecule has 3 N–H and O–H groups in total. The topological polar surface area (TPSA) is 105 Å². The normalized spacial score (nSPS) is 13.2. The maximum Gasteiger partial charge on any atom is 0.150 e. The molecule has 0 atom stereocenters. The molecule has 4 aromatic rings. The van der Waals surface area contributed by atoms with E-state index in [9.17, 15) is 4.39 Å². The van der Waals surface area contributed by atoms with Crippen LogP contribution >= 0.6 is 11.6 Å². The number of hydrogen-bond donors (Lipinski definition) is 3.